The molecule has 0 aliphatic heterocycles. The molecule has 0 spiro atoms. The first kappa shape index (κ1) is 27.1. The summed E-state index contributed by atoms with van der Waals surface area (Å²) in [4.78, 5) is 25.4. The largest absolute Gasteiger partial charge is 0.504 e. The number of methoxy groups -OCH3 is 1. The number of ether oxygens (including phenoxy) is 3. The van der Waals surface area contributed by atoms with E-state index >= 15 is 0 Å². The number of hydrogen-bond acceptors (Lipinski definition) is 7. The Morgan fingerprint density at radius 3 is 2.43 bits per heavy atom. The van der Waals surface area contributed by atoms with Gasteiger partial charge in [0.2, 0.25) is 5.91 Å². The van der Waals surface area contributed by atoms with Gasteiger partial charge in [-0.15, -0.1) is 0 Å². The van der Waals surface area contributed by atoms with E-state index in [1.54, 1.807) is 55.5 Å². The molecule has 0 radical (unpaired) electrons. The molecule has 0 aliphatic rings. The lowest BCUT2D eigenvalue weighted by Gasteiger charge is -2.25. The van der Waals surface area contributed by atoms with Crippen molar-refractivity contribution in [2.45, 2.75) is 26.1 Å². The van der Waals surface area contributed by atoms with Crippen molar-refractivity contribution >= 4 is 29.1 Å². The van der Waals surface area contributed by atoms with Crippen LogP contribution in [-0.2, 0) is 14.3 Å². The molecule has 9 heteroatoms. The number of carbonyl (C=O) groups is 2. The van der Waals surface area contributed by atoms with Crippen molar-refractivity contribution in [2.24, 2.45) is 0 Å². The average molecular weight is 506 g/mol. The first-order valence-corrected chi connectivity index (χ1v) is 11.7. The predicted molar refractivity (Wildman–Crippen MR) is 143 cm³/mol. The van der Waals surface area contributed by atoms with Crippen molar-refractivity contribution in [1.82, 2.24) is 0 Å². The molecule has 5 N–H and O–H groups in total. The summed E-state index contributed by atoms with van der Waals surface area (Å²) < 4.78 is 16.7. The van der Waals surface area contributed by atoms with Gasteiger partial charge in [0, 0.05) is 18.4 Å². The molecule has 2 amide bonds. The van der Waals surface area contributed by atoms with Gasteiger partial charge in [0.1, 0.15) is 6.10 Å². The molecule has 0 unspecified atom stereocenters. The second kappa shape index (κ2) is 13.0. The van der Waals surface area contributed by atoms with Crippen molar-refractivity contribution in [3.05, 3.63) is 90.0 Å². The maximum Gasteiger partial charge on any atom is 0.412 e. The minimum atomic E-state index is -1.01. The van der Waals surface area contributed by atoms with Gasteiger partial charge in [-0.1, -0.05) is 35.9 Å². The van der Waals surface area contributed by atoms with Gasteiger partial charge < -0.3 is 30.4 Å². The van der Waals surface area contributed by atoms with E-state index in [9.17, 15) is 14.7 Å². The summed E-state index contributed by atoms with van der Waals surface area (Å²) in [6.45, 7) is 3.99. The first-order valence-electron chi connectivity index (χ1n) is 11.7. The van der Waals surface area contributed by atoms with Gasteiger partial charge in [-0.05, 0) is 61.9 Å². The molecule has 9 nitrogen and oxygen atoms in total. The van der Waals surface area contributed by atoms with E-state index in [1.807, 2.05) is 19.1 Å². The maximum absolute atomic E-state index is 12.8. The van der Waals surface area contributed by atoms with E-state index in [0.29, 0.717) is 22.6 Å². The van der Waals surface area contributed by atoms with E-state index in [1.165, 1.54) is 25.3 Å². The summed E-state index contributed by atoms with van der Waals surface area (Å²) in [5.41, 5.74) is 8.82. The number of phenols is 1. The Balaban J connectivity index is 1.86. The quantitative estimate of drug-likeness (QED) is 0.220. The van der Waals surface area contributed by atoms with Crippen LogP contribution in [0.3, 0.4) is 0 Å². The normalized spacial score (nSPS) is 12.5. The van der Waals surface area contributed by atoms with Crippen LogP contribution in [0.5, 0.6) is 11.5 Å². The highest BCUT2D eigenvalue weighted by Crippen LogP contribution is 2.33. The number of aromatic hydroxyl groups is 1. The van der Waals surface area contributed by atoms with Gasteiger partial charge >= 0.3 is 6.09 Å². The molecule has 2 atom stereocenters. The molecule has 0 aliphatic carbocycles. The summed E-state index contributed by atoms with van der Waals surface area (Å²) in [6.07, 6.45) is 0.172. The molecule has 0 fully saturated rings. The topological polar surface area (TPSA) is 132 Å². The molecule has 0 heterocycles. The van der Waals surface area contributed by atoms with Gasteiger partial charge in [0.05, 0.1) is 18.5 Å². The molecule has 3 rings (SSSR count). The van der Waals surface area contributed by atoms with E-state index in [-0.39, 0.29) is 18.1 Å². The molecule has 3 aromatic carbocycles. The number of amides is 2. The first-order chi connectivity index (χ1) is 17.8. The van der Waals surface area contributed by atoms with Gasteiger partial charge in [-0.3, -0.25) is 10.1 Å². The Morgan fingerprint density at radius 1 is 1.05 bits per heavy atom. The Hall–Kier alpha value is -4.50. The van der Waals surface area contributed by atoms with Gasteiger partial charge in [0.15, 0.2) is 17.6 Å². The van der Waals surface area contributed by atoms with E-state index in [0.717, 1.165) is 5.56 Å². The second-order valence-corrected chi connectivity index (χ2v) is 8.10. The number of para-hydroxylation sites is 2. The van der Waals surface area contributed by atoms with E-state index in [2.05, 4.69) is 10.6 Å². The fourth-order valence-corrected chi connectivity index (χ4v) is 3.51. The van der Waals surface area contributed by atoms with Crippen LogP contribution in [0.4, 0.5) is 21.9 Å². The zero-order chi connectivity index (χ0) is 26.8. The molecule has 37 heavy (non-hydrogen) atoms. The third kappa shape index (κ3) is 7.74. The van der Waals surface area contributed by atoms with E-state index < -0.39 is 24.2 Å². The smallest absolute Gasteiger partial charge is 0.412 e. The summed E-state index contributed by atoms with van der Waals surface area (Å²) in [7, 11) is 1.43. The highest BCUT2D eigenvalue weighted by Gasteiger charge is 2.27. The summed E-state index contributed by atoms with van der Waals surface area (Å²) in [6, 6.07) is 18.7. The van der Waals surface area contributed by atoms with Crippen LogP contribution >= 0.6 is 0 Å². The Bertz CT molecular complexity index is 1240. The fraction of sp³-hybridized carbons (Fsp3) is 0.214. The van der Waals surface area contributed by atoms with Crippen LogP contribution in [0.25, 0.3) is 0 Å². The summed E-state index contributed by atoms with van der Waals surface area (Å²) >= 11 is 0. The maximum atomic E-state index is 12.8. The van der Waals surface area contributed by atoms with Crippen LogP contribution in [-0.4, -0.2) is 36.9 Å². The van der Waals surface area contributed by atoms with Crippen LogP contribution in [0.15, 0.2) is 78.9 Å². The molecule has 0 saturated carbocycles. The lowest BCUT2D eigenvalue weighted by Crippen LogP contribution is -2.28. The number of nitrogens with one attached hydrogen (secondary N) is 2. The van der Waals surface area contributed by atoms with Crippen molar-refractivity contribution in [3.63, 3.8) is 0 Å². The highest BCUT2D eigenvalue weighted by molar-refractivity contribution is 6.01. The van der Waals surface area contributed by atoms with Crippen molar-refractivity contribution in [3.8, 4) is 11.5 Å². The van der Waals surface area contributed by atoms with Crippen LogP contribution in [0.1, 0.15) is 24.2 Å². The third-order valence-electron chi connectivity index (χ3n) is 5.38. The third-order valence-corrected chi connectivity index (χ3v) is 5.38. The number of carbonyl (C=O) groups excluding carboxylic acids is 2. The Kier molecular flexibility index (Phi) is 9.51. The molecule has 0 bridgehead atoms. The second-order valence-electron chi connectivity index (χ2n) is 8.10. The Labute approximate surface area is 215 Å². The lowest BCUT2D eigenvalue weighted by molar-refractivity contribution is -0.112. The molecule has 194 valence electrons. The number of rotatable bonds is 10. The van der Waals surface area contributed by atoms with Crippen molar-refractivity contribution in [2.75, 3.05) is 30.1 Å². The SMILES string of the molecule is CCO[C@@H](/C=C/C(=O)Nc1ccccc1N)[C@@H](OC(=O)Nc1ccc(C)cc1)c1ccc(OC)c(O)c1. The number of aryl methyl sites for hydroxylation is 1. The summed E-state index contributed by atoms with van der Waals surface area (Å²) in [5, 5.41) is 15.7. The monoisotopic (exact) mass is 505 g/mol. The van der Waals surface area contributed by atoms with Crippen LogP contribution in [0.2, 0.25) is 0 Å². The zero-order valence-corrected chi connectivity index (χ0v) is 20.9. The molecule has 0 saturated heterocycles. The predicted octanol–water partition coefficient (Wildman–Crippen LogP) is 5.18. The lowest BCUT2D eigenvalue weighted by atomic mass is 10.0. The number of hydrogen-bond donors (Lipinski definition) is 4. The van der Waals surface area contributed by atoms with Gasteiger partial charge in [-0.25, -0.2) is 4.79 Å². The molecular formula is C28H31N3O6. The average Bonchev–Trinajstić information content (AvgIpc) is 2.88. The highest BCUT2D eigenvalue weighted by atomic mass is 16.6. The van der Waals surface area contributed by atoms with Crippen LogP contribution < -0.4 is 21.1 Å². The molecule has 3 aromatic rings. The van der Waals surface area contributed by atoms with Gasteiger partial charge in [-0.2, -0.15) is 0 Å². The number of benzene rings is 3. The minimum absolute atomic E-state index is 0.135. The number of nitrogen functional groups attached to an aromatic ring is 1. The summed E-state index contributed by atoms with van der Waals surface area (Å²) in [5.74, 6) is -0.318. The van der Waals surface area contributed by atoms with Crippen molar-refractivity contribution < 1.29 is 28.9 Å². The zero-order valence-electron chi connectivity index (χ0n) is 20.9. The molecule has 0 aromatic heterocycles. The van der Waals surface area contributed by atoms with Crippen LogP contribution in [0, 0.1) is 6.92 Å². The van der Waals surface area contributed by atoms with Gasteiger partial charge in [0.25, 0.3) is 0 Å². The van der Waals surface area contributed by atoms with Crippen molar-refractivity contribution in [1.29, 1.82) is 0 Å². The van der Waals surface area contributed by atoms with E-state index in [4.69, 9.17) is 19.9 Å². The molecular weight excluding hydrogens is 474 g/mol. The number of anilines is 3. The Morgan fingerprint density at radius 2 is 1.78 bits per heavy atom. The minimum Gasteiger partial charge on any atom is -0.504 e. The standard InChI is InChI=1S/C28H31N3O6/c1-4-36-25(15-16-26(33)31-22-8-6-5-7-21(22)29)27(19-11-14-24(35-3)23(32)17-19)37-28(34)30-20-12-9-18(2)10-13-20/h5-17,25,27,32H,4,29H2,1-3H3,(H,30,34)(H,31,33)/b16-15+/t25-,27-/m0/s1. The number of nitrogens with two attached hydrogens (primary N) is 1. The fourth-order valence-electron chi connectivity index (χ4n) is 3.51. The number of phenolic OH excluding ortho intramolecular Hbond substituents is 1.